The van der Waals surface area contributed by atoms with Crippen LogP contribution in [-0.4, -0.2) is 17.4 Å². The van der Waals surface area contributed by atoms with Crippen molar-refractivity contribution >= 4 is 5.97 Å². The summed E-state index contributed by atoms with van der Waals surface area (Å²) in [4.78, 5) is 11.4. The fourth-order valence-corrected chi connectivity index (χ4v) is 4.89. The fourth-order valence-electron chi connectivity index (χ4n) is 4.89. The first-order chi connectivity index (χ1) is 17.2. The molecule has 1 N–H and O–H groups in total. The third-order valence-electron chi connectivity index (χ3n) is 6.81. The molecule has 0 spiro atoms. The molecule has 2 aliphatic rings. The molecule has 2 atom stereocenters. The average Bonchev–Trinajstić information content (AvgIpc) is 3.68. The lowest BCUT2D eigenvalue weighted by molar-refractivity contribution is -0.274. The molecule has 0 amide bonds. The first kappa shape index (κ1) is 24.2. The number of benzene rings is 3. The molecule has 1 heterocycles. The van der Waals surface area contributed by atoms with Crippen molar-refractivity contribution < 1.29 is 36.9 Å². The third-order valence-corrected chi connectivity index (χ3v) is 6.81. The van der Waals surface area contributed by atoms with E-state index in [1.165, 1.54) is 0 Å². The summed E-state index contributed by atoms with van der Waals surface area (Å²) in [5.41, 5.74) is 3.34. The van der Waals surface area contributed by atoms with Crippen LogP contribution in [0.3, 0.4) is 0 Å². The number of alkyl halides is 3. The van der Waals surface area contributed by atoms with E-state index in [1.807, 2.05) is 18.2 Å². The predicted molar refractivity (Wildman–Crippen MR) is 124 cm³/mol. The maximum atomic E-state index is 14.4. The number of hydrogen-bond acceptors (Lipinski definition) is 3. The highest BCUT2D eigenvalue weighted by atomic mass is 19.4. The second-order valence-corrected chi connectivity index (χ2v) is 9.37. The van der Waals surface area contributed by atoms with Crippen LogP contribution >= 0.6 is 0 Å². The van der Waals surface area contributed by atoms with Gasteiger partial charge in [0, 0.05) is 5.56 Å². The molecule has 1 aliphatic heterocycles. The lowest BCUT2D eigenvalue weighted by atomic mass is 9.88. The topological polar surface area (TPSA) is 55.8 Å². The molecule has 5 rings (SSSR count). The van der Waals surface area contributed by atoms with Crippen molar-refractivity contribution in [1.82, 2.24) is 0 Å². The van der Waals surface area contributed by atoms with Gasteiger partial charge in [-0.25, -0.2) is 4.39 Å². The van der Waals surface area contributed by atoms with Crippen LogP contribution in [0.5, 0.6) is 11.5 Å². The monoisotopic (exact) mass is 500 g/mol. The number of ether oxygens (including phenoxy) is 2. The molecule has 0 aromatic heterocycles. The van der Waals surface area contributed by atoms with E-state index in [0.717, 1.165) is 66.3 Å². The number of carboxylic acid groups (broad SMARTS) is 1. The van der Waals surface area contributed by atoms with E-state index in [2.05, 4.69) is 4.74 Å². The van der Waals surface area contributed by atoms with E-state index in [9.17, 15) is 27.5 Å². The minimum absolute atomic E-state index is 0.00685. The average molecular weight is 500 g/mol. The maximum Gasteiger partial charge on any atom is 0.573 e. The van der Waals surface area contributed by atoms with Crippen molar-refractivity contribution in [3.63, 3.8) is 0 Å². The molecule has 1 fully saturated rings. The summed E-state index contributed by atoms with van der Waals surface area (Å²) in [6, 6.07) is 15.8. The third kappa shape index (κ3) is 5.48. The molecule has 3 aromatic rings. The summed E-state index contributed by atoms with van der Waals surface area (Å²) in [5.74, 6) is -0.838. The number of rotatable bonds is 7. The largest absolute Gasteiger partial charge is 0.573 e. The molecule has 3 aromatic carbocycles. The molecule has 0 bridgehead atoms. The van der Waals surface area contributed by atoms with Crippen LogP contribution in [0.25, 0.3) is 11.1 Å². The van der Waals surface area contributed by atoms with Gasteiger partial charge >= 0.3 is 12.3 Å². The van der Waals surface area contributed by atoms with Gasteiger partial charge in [-0.1, -0.05) is 36.4 Å². The Balaban J connectivity index is 1.34. The minimum Gasteiger partial charge on any atom is -0.485 e. The molecular weight excluding hydrogens is 476 g/mol. The number of halogens is 4. The zero-order chi connectivity index (χ0) is 25.4. The molecule has 188 valence electrons. The second-order valence-electron chi connectivity index (χ2n) is 9.37. The van der Waals surface area contributed by atoms with Gasteiger partial charge in [-0.2, -0.15) is 0 Å². The Morgan fingerprint density at radius 1 is 1.03 bits per heavy atom. The van der Waals surface area contributed by atoms with Gasteiger partial charge in [-0.3, -0.25) is 4.79 Å². The van der Waals surface area contributed by atoms with E-state index < -0.39 is 23.9 Å². The van der Waals surface area contributed by atoms with Crippen LogP contribution in [-0.2, 0) is 11.2 Å². The Labute approximate surface area is 205 Å². The van der Waals surface area contributed by atoms with Gasteiger partial charge in [0.2, 0.25) is 0 Å². The number of carboxylic acids is 1. The van der Waals surface area contributed by atoms with Gasteiger partial charge in [0.1, 0.15) is 23.4 Å². The first-order valence-electron chi connectivity index (χ1n) is 11.8. The van der Waals surface area contributed by atoms with Crippen molar-refractivity contribution in [2.45, 2.75) is 50.5 Å². The summed E-state index contributed by atoms with van der Waals surface area (Å²) >= 11 is 0. The zero-order valence-corrected chi connectivity index (χ0v) is 19.2. The Bertz CT molecular complexity index is 1270. The molecule has 0 saturated heterocycles. The van der Waals surface area contributed by atoms with Gasteiger partial charge in [0.25, 0.3) is 0 Å². The summed E-state index contributed by atoms with van der Waals surface area (Å²) in [5, 5.41) is 9.33. The lowest BCUT2D eigenvalue weighted by Gasteiger charge is -2.28. The highest BCUT2D eigenvalue weighted by Crippen LogP contribution is 2.46. The number of fused-ring (bicyclic) bond motifs is 1. The van der Waals surface area contributed by atoms with Crippen LogP contribution in [0.1, 0.15) is 54.4 Å². The van der Waals surface area contributed by atoms with E-state index in [-0.39, 0.29) is 24.0 Å². The summed E-state index contributed by atoms with van der Waals surface area (Å²) < 4.78 is 62.2. The van der Waals surface area contributed by atoms with Crippen molar-refractivity contribution in [3.05, 3.63) is 83.2 Å². The maximum absolute atomic E-state index is 14.4. The van der Waals surface area contributed by atoms with Crippen LogP contribution in [0, 0.1) is 11.7 Å². The molecule has 0 radical (unpaired) electrons. The molecular formula is C28H24F4O4. The smallest absolute Gasteiger partial charge is 0.485 e. The van der Waals surface area contributed by atoms with Crippen molar-refractivity contribution in [3.8, 4) is 22.6 Å². The molecule has 1 saturated carbocycles. The Kier molecular flexibility index (Phi) is 6.36. The van der Waals surface area contributed by atoms with Crippen LogP contribution in [0.15, 0.2) is 60.7 Å². The van der Waals surface area contributed by atoms with E-state index in [1.54, 1.807) is 24.3 Å². The Morgan fingerprint density at radius 3 is 2.44 bits per heavy atom. The lowest BCUT2D eigenvalue weighted by Crippen LogP contribution is -2.17. The van der Waals surface area contributed by atoms with Crippen LogP contribution in [0.2, 0.25) is 0 Å². The van der Waals surface area contributed by atoms with Gasteiger partial charge in [0.15, 0.2) is 0 Å². The Hall–Kier alpha value is -3.55. The number of aryl methyl sites for hydroxylation is 1. The van der Waals surface area contributed by atoms with Crippen molar-refractivity contribution in [2.24, 2.45) is 5.92 Å². The molecule has 2 unspecified atom stereocenters. The SMILES string of the molecule is O=C(O)CC(c1ccc2c(c1)OC(c1ccc(-c3cc(OC(F)(F)F)ccc3F)cc1)CC2)C1CC1. The minimum atomic E-state index is -4.86. The fraction of sp³-hybridized carbons (Fsp3) is 0.321. The summed E-state index contributed by atoms with van der Waals surface area (Å²) in [7, 11) is 0. The molecule has 1 aliphatic carbocycles. The molecule has 8 heteroatoms. The van der Waals surface area contributed by atoms with Gasteiger partial charge in [0.05, 0.1) is 6.42 Å². The normalized spacial score (nSPS) is 18.2. The zero-order valence-electron chi connectivity index (χ0n) is 19.2. The first-order valence-corrected chi connectivity index (χ1v) is 11.8. The number of aliphatic carboxylic acids is 1. The van der Waals surface area contributed by atoms with Gasteiger partial charge < -0.3 is 14.6 Å². The highest BCUT2D eigenvalue weighted by molar-refractivity contribution is 5.68. The molecule has 4 nitrogen and oxygen atoms in total. The van der Waals surface area contributed by atoms with Crippen LogP contribution < -0.4 is 9.47 Å². The highest BCUT2D eigenvalue weighted by Gasteiger charge is 2.35. The standard InChI is InChI=1S/C28H24F4O4/c29-24-11-10-21(36-28(30,31)32)14-23(24)17-3-5-18(6-4-17)25-12-9-19-7-8-20(13-26(19)35-25)22(15-27(33)34)16-1-2-16/h3-8,10-11,13-14,16,22,25H,1-2,9,12,15H2,(H,33,34). The van der Waals surface area contributed by atoms with Gasteiger partial charge in [-0.05, 0) is 84.0 Å². The molecule has 36 heavy (non-hydrogen) atoms. The second kappa shape index (κ2) is 9.48. The van der Waals surface area contributed by atoms with E-state index in [0.29, 0.717) is 11.5 Å². The van der Waals surface area contributed by atoms with E-state index in [4.69, 9.17) is 4.74 Å². The summed E-state index contributed by atoms with van der Waals surface area (Å²) in [6.07, 6.45) is -1.41. The predicted octanol–water partition coefficient (Wildman–Crippen LogP) is 7.43. The summed E-state index contributed by atoms with van der Waals surface area (Å²) in [6.45, 7) is 0. The van der Waals surface area contributed by atoms with Gasteiger partial charge in [-0.15, -0.1) is 13.2 Å². The van der Waals surface area contributed by atoms with Crippen molar-refractivity contribution in [2.75, 3.05) is 0 Å². The quantitative estimate of drug-likeness (QED) is 0.343. The van der Waals surface area contributed by atoms with Crippen LogP contribution in [0.4, 0.5) is 17.6 Å². The Morgan fingerprint density at radius 2 is 1.78 bits per heavy atom. The number of carbonyl (C=O) groups is 1. The van der Waals surface area contributed by atoms with E-state index >= 15 is 0 Å². The number of hydrogen-bond donors (Lipinski definition) is 1. The van der Waals surface area contributed by atoms with Crippen molar-refractivity contribution in [1.29, 1.82) is 0 Å².